The van der Waals surface area contributed by atoms with Crippen LogP contribution in [0, 0.1) is 6.92 Å². The number of esters is 1. The highest BCUT2D eigenvalue weighted by Gasteiger charge is 2.28. The highest BCUT2D eigenvalue weighted by Crippen LogP contribution is 2.21. The van der Waals surface area contributed by atoms with E-state index in [0.717, 1.165) is 35.5 Å². The monoisotopic (exact) mass is 591 g/mol. The van der Waals surface area contributed by atoms with Gasteiger partial charge in [0.1, 0.15) is 18.7 Å². The predicted octanol–water partition coefficient (Wildman–Crippen LogP) is 3.14. The van der Waals surface area contributed by atoms with Gasteiger partial charge < -0.3 is 30.1 Å². The first kappa shape index (κ1) is 34.2. The molecule has 0 radical (unpaired) electrons. The van der Waals surface area contributed by atoms with Crippen molar-refractivity contribution >= 4 is 35.6 Å². The fraction of sp³-hybridized carbons (Fsp3) is 0.600. The van der Waals surface area contributed by atoms with Gasteiger partial charge >= 0.3 is 12.1 Å². The maximum absolute atomic E-state index is 12.4. The lowest BCUT2D eigenvalue weighted by atomic mass is 10.0. The number of rotatable bonds is 16. The molecule has 1 aromatic carbocycles. The van der Waals surface area contributed by atoms with E-state index in [-0.39, 0.29) is 31.6 Å². The van der Waals surface area contributed by atoms with Gasteiger partial charge in [-0.05, 0) is 58.3 Å². The summed E-state index contributed by atoms with van der Waals surface area (Å²) in [5.74, 6) is 0.775. The topological polar surface area (TPSA) is 134 Å². The Morgan fingerprint density at radius 1 is 1.17 bits per heavy atom. The largest absolute Gasteiger partial charge is 0.464 e. The smallest absolute Gasteiger partial charge is 0.408 e. The third kappa shape index (κ3) is 14.9. The van der Waals surface area contributed by atoms with Crippen molar-refractivity contribution in [1.82, 2.24) is 15.5 Å². The van der Waals surface area contributed by atoms with Crippen molar-refractivity contribution in [2.75, 3.05) is 37.7 Å². The number of nitrogens with one attached hydrogen (secondary N) is 2. The molecule has 0 aromatic heterocycles. The number of carbonyl (C=O) groups excluding carboxylic acids is 4. The average molecular weight is 592 g/mol. The second-order valence-corrected chi connectivity index (χ2v) is 12.2. The highest BCUT2D eigenvalue weighted by atomic mass is 32.2. The lowest BCUT2D eigenvalue weighted by molar-refractivity contribution is -0.144. The zero-order valence-electron chi connectivity index (χ0n) is 24.6. The Hall–Kier alpha value is -3.05. The number of unbranched alkanes of at least 4 members (excludes halogenated alkanes) is 1. The van der Waals surface area contributed by atoms with Gasteiger partial charge in [-0.3, -0.25) is 14.4 Å². The van der Waals surface area contributed by atoms with E-state index in [2.05, 4.69) is 16.7 Å². The zero-order chi connectivity index (χ0) is 30.3. The van der Waals surface area contributed by atoms with Crippen LogP contribution < -0.4 is 10.6 Å². The molecule has 0 bridgehead atoms. The number of alkyl carbamates (subject to hydrolysis) is 1. The molecule has 1 saturated heterocycles. The van der Waals surface area contributed by atoms with Crippen LogP contribution in [0.2, 0.25) is 0 Å². The van der Waals surface area contributed by atoms with Crippen molar-refractivity contribution in [3.8, 4) is 0 Å². The standard InChI is InChI=1S/C30H45N3O7S/c1-22-8-7-9-23(18-22)19-25(34)12-10-24-11-13-27(36)33(24)14-17-41-16-6-5-15-39-28(37)21-31-26(35)20-32-29(38)40-30(2,3)4/h7-10,12,18,24-25,34H,5-6,11,13-17,19-21H2,1-4H3,(H,31,35)(H,32,38)/t24-,25+/m0/s1. The first-order valence-electron chi connectivity index (χ1n) is 14.1. The molecule has 0 spiro atoms. The van der Waals surface area contributed by atoms with Crippen molar-refractivity contribution in [1.29, 1.82) is 0 Å². The Labute approximate surface area is 247 Å². The number of hydrogen-bond donors (Lipinski definition) is 3. The van der Waals surface area contributed by atoms with Crippen LogP contribution >= 0.6 is 11.8 Å². The molecule has 2 rings (SSSR count). The molecule has 0 aliphatic carbocycles. The van der Waals surface area contributed by atoms with Gasteiger partial charge in [0.05, 0.1) is 18.8 Å². The molecular weight excluding hydrogens is 546 g/mol. The Bertz CT molecular complexity index is 1040. The van der Waals surface area contributed by atoms with Crippen molar-refractivity contribution < 1.29 is 33.8 Å². The van der Waals surface area contributed by atoms with E-state index < -0.39 is 29.7 Å². The van der Waals surface area contributed by atoms with E-state index in [4.69, 9.17) is 9.47 Å². The maximum Gasteiger partial charge on any atom is 0.408 e. The minimum Gasteiger partial charge on any atom is -0.464 e. The Kier molecular flexibility index (Phi) is 14.7. The van der Waals surface area contributed by atoms with Gasteiger partial charge in [0.25, 0.3) is 0 Å². The number of aliphatic hydroxyl groups excluding tert-OH is 1. The summed E-state index contributed by atoms with van der Waals surface area (Å²) in [6, 6.07) is 8.11. The molecule has 2 atom stereocenters. The van der Waals surface area contributed by atoms with E-state index in [1.54, 1.807) is 38.6 Å². The van der Waals surface area contributed by atoms with Crippen LogP contribution in [0.25, 0.3) is 0 Å². The van der Waals surface area contributed by atoms with Crippen LogP contribution in [-0.2, 0) is 30.3 Å². The van der Waals surface area contributed by atoms with Crippen molar-refractivity contribution in [2.24, 2.45) is 0 Å². The van der Waals surface area contributed by atoms with E-state index in [9.17, 15) is 24.3 Å². The molecular formula is C30H45N3O7S. The van der Waals surface area contributed by atoms with Gasteiger partial charge in [-0.15, -0.1) is 0 Å². The maximum atomic E-state index is 12.4. The molecule has 1 heterocycles. The SMILES string of the molecule is Cc1cccc(C[C@H](O)C=C[C@H]2CCC(=O)N2CCSCCCCOC(=O)CNC(=O)CNC(=O)OC(C)(C)C)c1. The van der Waals surface area contributed by atoms with Gasteiger partial charge in [-0.1, -0.05) is 42.0 Å². The van der Waals surface area contributed by atoms with Crippen LogP contribution in [0.3, 0.4) is 0 Å². The number of amides is 3. The fourth-order valence-electron chi connectivity index (χ4n) is 4.16. The Morgan fingerprint density at radius 3 is 2.68 bits per heavy atom. The number of likely N-dealkylation sites (tertiary alicyclic amines) is 1. The molecule has 1 aliphatic rings. The van der Waals surface area contributed by atoms with E-state index >= 15 is 0 Å². The molecule has 0 saturated carbocycles. The quantitative estimate of drug-likeness (QED) is 0.152. The molecule has 10 nitrogen and oxygen atoms in total. The third-order valence-corrected chi connectivity index (χ3v) is 7.15. The zero-order valence-corrected chi connectivity index (χ0v) is 25.5. The van der Waals surface area contributed by atoms with Gasteiger partial charge in [-0.2, -0.15) is 11.8 Å². The molecule has 1 aliphatic heterocycles. The van der Waals surface area contributed by atoms with Crippen LogP contribution in [0.5, 0.6) is 0 Å². The summed E-state index contributed by atoms with van der Waals surface area (Å²) < 4.78 is 10.2. The summed E-state index contributed by atoms with van der Waals surface area (Å²) in [6.45, 7) is 7.53. The normalized spacial score (nSPS) is 16.1. The van der Waals surface area contributed by atoms with Gasteiger partial charge in [0.2, 0.25) is 11.8 Å². The summed E-state index contributed by atoms with van der Waals surface area (Å²) in [5, 5.41) is 15.1. The van der Waals surface area contributed by atoms with E-state index in [0.29, 0.717) is 25.8 Å². The number of thioether (sulfide) groups is 1. The number of benzene rings is 1. The minimum atomic E-state index is -0.707. The summed E-state index contributed by atoms with van der Waals surface area (Å²) >= 11 is 1.75. The lowest BCUT2D eigenvalue weighted by Crippen LogP contribution is -2.41. The fourth-order valence-corrected chi connectivity index (χ4v) is 5.10. The first-order chi connectivity index (χ1) is 19.4. The minimum absolute atomic E-state index is 0.0169. The summed E-state index contributed by atoms with van der Waals surface area (Å²) in [5.41, 5.74) is 1.59. The molecule has 1 aromatic rings. The van der Waals surface area contributed by atoms with Crippen LogP contribution in [-0.4, -0.2) is 89.4 Å². The molecule has 41 heavy (non-hydrogen) atoms. The van der Waals surface area contributed by atoms with Crippen LogP contribution in [0.4, 0.5) is 4.79 Å². The number of ether oxygens (including phenoxy) is 2. The van der Waals surface area contributed by atoms with Gasteiger partial charge in [-0.25, -0.2) is 4.79 Å². The summed E-state index contributed by atoms with van der Waals surface area (Å²) in [4.78, 5) is 49.3. The molecule has 1 fully saturated rings. The van der Waals surface area contributed by atoms with Gasteiger partial charge in [0, 0.05) is 25.1 Å². The van der Waals surface area contributed by atoms with Crippen LogP contribution in [0.1, 0.15) is 57.6 Å². The molecule has 0 unspecified atom stereocenters. The average Bonchev–Trinajstić information content (AvgIpc) is 3.24. The van der Waals surface area contributed by atoms with Crippen LogP contribution in [0.15, 0.2) is 36.4 Å². The number of aliphatic hydroxyl groups is 1. The molecule has 11 heteroatoms. The summed E-state index contributed by atoms with van der Waals surface area (Å²) in [6.07, 6.45) is 5.86. The second kappa shape index (κ2) is 17.7. The predicted molar refractivity (Wildman–Crippen MR) is 160 cm³/mol. The van der Waals surface area contributed by atoms with Crippen molar-refractivity contribution in [3.05, 3.63) is 47.5 Å². The van der Waals surface area contributed by atoms with E-state index in [1.807, 2.05) is 36.1 Å². The molecule has 228 valence electrons. The number of carbonyl (C=O) groups is 4. The Balaban J connectivity index is 1.53. The summed E-state index contributed by atoms with van der Waals surface area (Å²) in [7, 11) is 0. The number of nitrogens with zero attached hydrogens (tertiary/aromatic N) is 1. The van der Waals surface area contributed by atoms with Crippen molar-refractivity contribution in [2.45, 2.75) is 77.5 Å². The molecule has 3 amide bonds. The molecule has 3 N–H and O–H groups in total. The first-order valence-corrected chi connectivity index (χ1v) is 15.3. The lowest BCUT2D eigenvalue weighted by Gasteiger charge is -2.22. The second-order valence-electron chi connectivity index (χ2n) is 11.0. The number of hydrogen-bond acceptors (Lipinski definition) is 8. The third-order valence-electron chi connectivity index (χ3n) is 6.10. The van der Waals surface area contributed by atoms with E-state index in [1.165, 1.54) is 0 Å². The Morgan fingerprint density at radius 2 is 1.95 bits per heavy atom. The van der Waals surface area contributed by atoms with Gasteiger partial charge in [0.15, 0.2) is 0 Å². The highest BCUT2D eigenvalue weighted by molar-refractivity contribution is 7.99. The number of aryl methyl sites for hydroxylation is 1. The van der Waals surface area contributed by atoms with Crippen molar-refractivity contribution in [3.63, 3.8) is 0 Å².